The maximum atomic E-state index is 11.9. The second kappa shape index (κ2) is 8.42. The van der Waals surface area contributed by atoms with Gasteiger partial charge in [0.05, 0.1) is 6.54 Å². The molecule has 154 valence electrons. The van der Waals surface area contributed by atoms with Crippen LogP contribution < -0.4 is 24.3 Å². The molecule has 0 atom stereocenters. The minimum Gasteiger partial charge on any atom is -0.483 e. The first-order valence-corrected chi connectivity index (χ1v) is 9.75. The van der Waals surface area contributed by atoms with E-state index >= 15 is 0 Å². The molecule has 2 aromatic rings. The van der Waals surface area contributed by atoms with Gasteiger partial charge in [0.1, 0.15) is 12.2 Å². The van der Waals surface area contributed by atoms with Crippen LogP contribution in [0.2, 0.25) is 0 Å². The molecule has 6 heteroatoms. The van der Waals surface area contributed by atoms with Gasteiger partial charge in [0.15, 0.2) is 23.0 Å². The molecule has 0 fully saturated rings. The SMILES string of the molecule is CC1(C)Cc2cccc(OCC#CCNC(=O)/C=C/c3ccc4c(c3)OCO4)c2O1. The van der Waals surface area contributed by atoms with E-state index in [4.69, 9.17) is 18.9 Å². The Bertz CT molecular complexity index is 1050. The molecular formula is C24H23NO5. The minimum atomic E-state index is -0.223. The topological polar surface area (TPSA) is 66.0 Å². The van der Waals surface area contributed by atoms with E-state index in [9.17, 15) is 4.79 Å². The molecule has 6 nitrogen and oxygen atoms in total. The Morgan fingerprint density at radius 1 is 1.20 bits per heavy atom. The maximum Gasteiger partial charge on any atom is 0.244 e. The lowest BCUT2D eigenvalue weighted by molar-refractivity contribution is -0.116. The summed E-state index contributed by atoms with van der Waals surface area (Å²) in [6.45, 7) is 4.80. The summed E-state index contributed by atoms with van der Waals surface area (Å²) in [5.41, 5.74) is 1.79. The molecule has 2 aromatic carbocycles. The summed E-state index contributed by atoms with van der Waals surface area (Å²) in [5.74, 6) is 8.46. The van der Waals surface area contributed by atoms with Gasteiger partial charge in [0, 0.05) is 18.1 Å². The Kier molecular flexibility index (Phi) is 5.53. The van der Waals surface area contributed by atoms with E-state index in [1.807, 2.05) is 30.3 Å². The molecule has 1 N–H and O–H groups in total. The van der Waals surface area contributed by atoms with Gasteiger partial charge in [0.25, 0.3) is 0 Å². The van der Waals surface area contributed by atoms with Crippen LogP contribution >= 0.6 is 0 Å². The zero-order valence-corrected chi connectivity index (χ0v) is 17.0. The van der Waals surface area contributed by atoms with Gasteiger partial charge in [-0.3, -0.25) is 4.79 Å². The van der Waals surface area contributed by atoms with Gasteiger partial charge in [-0.05, 0) is 43.7 Å². The van der Waals surface area contributed by atoms with Gasteiger partial charge in [-0.15, -0.1) is 0 Å². The van der Waals surface area contributed by atoms with Crippen molar-refractivity contribution >= 4 is 12.0 Å². The Balaban J connectivity index is 1.22. The largest absolute Gasteiger partial charge is 0.483 e. The summed E-state index contributed by atoms with van der Waals surface area (Å²) < 4.78 is 22.3. The van der Waals surface area contributed by atoms with Crippen LogP contribution in [0.1, 0.15) is 25.0 Å². The number of fused-ring (bicyclic) bond motifs is 2. The zero-order chi connectivity index (χ0) is 21.0. The predicted octanol–water partition coefficient (Wildman–Crippen LogP) is 3.34. The second-order valence-electron chi connectivity index (χ2n) is 7.59. The molecule has 0 unspecified atom stereocenters. The summed E-state index contributed by atoms with van der Waals surface area (Å²) in [7, 11) is 0. The lowest BCUT2D eigenvalue weighted by Crippen LogP contribution is -2.24. The Morgan fingerprint density at radius 2 is 2.07 bits per heavy atom. The van der Waals surface area contributed by atoms with Crippen molar-refractivity contribution in [3.8, 4) is 34.8 Å². The molecule has 0 spiro atoms. The van der Waals surface area contributed by atoms with E-state index in [2.05, 4.69) is 37.1 Å². The van der Waals surface area contributed by atoms with Crippen LogP contribution in [0.25, 0.3) is 6.08 Å². The molecule has 0 aliphatic carbocycles. The van der Waals surface area contributed by atoms with Crippen LogP contribution in [0.5, 0.6) is 23.0 Å². The molecule has 0 bridgehead atoms. The number of ether oxygens (including phenoxy) is 4. The molecule has 2 heterocycles. The van der Waals surface area contributed by atoms with Crippen molar-refractivity contribution < 1.29 is 23.7 Å². The van der Waals surface area contributed by atoms with E-state index in [0.717, 1.165) is 23.3 Å². The average molecular weight is 405 g/mol. The van der Waals surface area contributed by atoms with Crippen molar-refractivity contribution in [2.45, 2.75) is 25.9 Å². The highest BCUT2D eigenvalue weighted by Gasteiger charge is 2.32. The number of hydrogen-bond acceptors (Lipinski definition) is 5. The summed E-state index contributed by atoms with van der Waals surface area (Å²) >= 11 is 0. The monoisotopic (exact) mass is 405 g/mol. The number of carbonyl (C=O) groups is 1. The van der Waals surface area contributed by atoms with Gasteiger partial charge >= 0.3 is 0 Å². The standard InChI is InChI=1S/C24H23NO5/c1-24(2)15-18-6-5-7-20(23(18)30-24)27-13-4-3-12-25-22(26)11-9-17-8-10-19-21(14-17)29-16-28-19/h5-11,14H,12-13,15-16H2,1-2H3,(H,25,26)/b11-9+. The van der Waals surface area contributed by atoms with Crippen LogP contribution in [0.3, 0.4) is 0 Å². The number of amides is 1. The van der Waals surface area contributed by atoms with Gasteiger partial charge < -0.3 is 24.3 Å². The molecule has 1 amide bonds. The maximum absolute atomic E-state index is 11.9. The molecule has 0 saturated heterocycles. The molecule has 0 saturated carbocycles. The first kappa shape index (κ1) is 19.7. The highest BCUT2D eigenvalue weighted by molar-refractivity contribution is 5.91. The van der Waals surface area contributed by atoms with Gasteiger partial charge in [-0.1, -0.05) is 30.0 Å². The van der Waals surface area contributed by atoms with Crippen LogP contribution in [-0.4, -0.2) is 31.5 Å². The molecule has 2 aliphatic rings. The van der Waals surface area contributed by atoms with E-state index in [1.165, 1.54) is 6.08 Å². The predicted molar refractivity (Wildman–Crippen MR) is 113 cm³/mol. The lowest BCUT2D eigenvalue weighted by Gasteiger charge is -2.17. The van der Waals surface area contributed by atoms with Crippen molar-refractivity contribution in [2.75, 3.05) is 19.9 Å². The third-order valence-corrected chi connectivity index (χ3v) is 4.65. The molecular weight excluding hydrogens is 382 g/mol. The van der Waals surface area contributed by atoms with Crippen LogP contribution in [-0.2, 0) is 11.2 Å². The smallest absolute Gasteiger partial charge is 0.244 e. The number of hydrogen-bond donors (Lipinski definition) is 1. The second-order valence-corrected chi connectivity index (χ2v) is 7.59. The van der Waals surface area contributed by atoms with E-state index in [1.54, 1.807) is 6.08 Å². The summed E-state index contributed by atoms with van der Waals surface area (Å²) in [5, 5.41) is 2.72. The zero-order valence-electron chi connectivity index (χ0n) is 17.0. The van der Waals surface area contributed by atoms with Gasteiger partial charge in [-0.25, -0.2) is 0 Å². The Morgan fingerprint density at radius 3 is 2.97 bits per heavy atom. The van der Waals surface area contributed by atoms with Gasteiger partial charge in [-0.2, -0.15) is 0 Å². The summed E-state index contributed by atoms with van der Waals surface area (Å²) in [4.78, 5) is 11.9. The quantitative estimate of drug-likeness (QED) is 0.611. The van der Waals surface area contributed by atoms with Crippen LogP contribution in [0.4, 0.5) is 0 Å². The van der Waals surface area contributed by atoms with Crippen molar-refractivity contribution in [1.29, 1.82) is 0 Å². The fourth-order valence-electron chi connectivity index (χ4n) is 3.31. The summed E-state index contributed by atoms with van der Waals surface area (Å²) in [6, 6.07) is 11.4. The van der Waals surface area contributed by atoms with Gasteiger partial charge in [0.2, 0.25) is 12.7 Å². The highest BCUT2D eigenvalue weighted by atomic mass is 16.7. The van der Waals surface area contributed by atoms with Crippen molar-refractivity contribution in [2.24, 2.45) is 0 Å². The molecule has 0 radical (unpaired) electrons. The third-order valence-electron chi connectivity index (χ3n) is 4.65. The molecule has 4 rings (SSSR count). The number of rotatable bonds is 5. The normalized spacial score (nSPS) is 15.1. The fourth-order valence-corrected chi connectivity index (χ4v) is 3.31. The number of carbonyl (C=O) groups excluding carboxylic acids is 1. The van der Waals surface area contributed by atoms with Crippen molar-refractivity contribution in [3.63, 3.8) is 0 Å². The third kappa shape index (κ3) is 4.69. The highest BCUT2D eigenvalue weighted by Crippen LogP contribution is 2.41. The first-order chi connectivity index (χ1) is 14.5. The van der Waals surface area contributed by atoms with Crippen LogP contribution in [0.15, 0.2) is 42.5 Å². The van der Waals surface area contributed by atoms with E-state index < -0.39 is 0 Å². The number of benzene rings is 2. The number of para-hydroxylation sites is 1. The van der Waals surface area contributed by atoms with Crippen molar-refractivity contribution in [3.05, 3.63) is 53.6 Å². The minimum absolute atomic E-state index is 0.216. The fraction of sp³-hybridized carbons (Fsp3) is 0.292. The lowest BCUT2D eigenvalue weighted by atomic mass is 10.0. The average Bonchev–Trinajstić information content (AvgIpc) is 3.31. The molecule has 0 aromatic heterocycles. The van der Waals surface area contributed by atoms with E-state index in [0.29, 0.717) is 17.2 Å². The first-order valence-electron chi connectivity index (χ1n) is 9.75. The van der Waals surface area contributed by atoms with Crippen LogP contribution in [0, 0.1) is 11.8 Å². The van der Waals surface area contributed by atoms with Crippen molar-refractivity contribution in [1.82, 2.24) is 5.32 Å². The summed E-state index contributed by atoms with van der Waals surface area (Å²) in [6.07, 6.45) is 4.03. The Labute approximate surface area is 175 Å². The Hall–Kier alpha value is -3.59. The van der Waals surface area contributed by atoms with E-state index in [-0.39, 0.29) is 31.5 Å². The molecule has 2 aliphatic heterocycles. The molecule has 30 heavy (non-hydrogen) atoms. The number of nitrogens with one attached hydrogen (secondary N) is 1.